The van der Waals surface area contributed by atoms with Crippen molar-refractivity contribution in [3.05, 3.63) is 29.8 Å². The van der Waals surface area contributed by atoms with Crippen molar-refractivity contribution < 1.29 is 56.5 Å². The van der Waals surface area contributed by atoms with Crippen molar-refractivity contribution in [2.45, 2.75) is 141 Å². The van der Waals surface area contributed by atoms with E-state index in [0.717, 1.165) is 0 Å². The van der Waals surface area contributed by atoms with Gasteiger partial charge < -0.3 is 39.8 Å². The van der Waals surface area contributed by atoms with Gasteiger partial charge in [-0.1, -0.05) is 67.0 Å². The van der Waals surface area contributed by atoms with Gasteiger partial charge in [-0.15, -0.1) is 0 Å². The maximum atomic E-state index is 14.4. The quantitative estimate of drug-likeness (QED) is 0.105. The maximum absolute atomic E-state index is 14.4. The van der Waals surface area contributed by atoms with Crippen LogP contribution < -0.4 is 20.1 Å². The fourth-order valence-corrected chi connectivity index (χ4v) is 10.0. The number of nitrogens with zero attached hydrogens (tertiary/aromatic N) is 3. The van der Waals surface area contributed by atoms with E-state index in [1.807, 2.05) is 60.5 Å². The number of benzene rings is 1. The summed E-state index contributed by atoms with van der Waals surface area (Å²) in [5.74, 6) is -4.42. The molecule has 1 saturated heterocycles. The van der Waals surface area contributed by atoms with Crippen LogP contribution >= 0.6 is 0 Å². The SMILES string of the molecule is CC[C@H](C)[C@@H]([C@@H](CC(=O)N1CCC[C@H]1[C@H](OC)[C@@H](C)C(=O)N[C@@H](Cc1ccc(OCC(=O)O)cc1)C(=O)NS(=O)(=O)C1CC1)OC)N(C)C(=O)[C@@H](NC(=O)C(C(C)C)N(C)C)C(C)C. The van der Waals surface area contributed by atoms with Gasteiger partial charge in [-0.2, -0.15) is 0 Å². The Hall–Kier alpha value is -4.33. The summed E-state index contributed by atoms with van der Waals surface area (Å²) >= 11 is 0. The van der Waals surface area contributed by atoms with Gasteiger partial charge in [-0.05, 0) is 75.2 Å². The van der Waals surface area contributed by atoms with Crippen molar-refractivity contribution in [2.75, 3.05) is 48.5 Å². The Bertz CT molecular complexity index is 1850. The van der Waals surface area contributed by atoms with E-state index in [9.17, 15) is 37.2 Å². The highest BCUT2D eigenvalue weighted by Gasteiger charge is 2.44. The number of hydrogen-bond acceptors (Lipinski definition) is 12. The number of carbonyl (C=O) groups is 6. The van der Waals surface area contributed by atoms with E-state index in [4.69, 9.17) is 19.3 Å². The molecule has 19 heteroatoms. The molecular formula is C45H74N6O12S. The predicted molar refractivity (Wildman–Crippen MR) is 240 cm³/mol. The molecule has 18 nitrogen and oxygen atoms in total. The molecule has 362 valence electrons. The minimum atomic E-state index is -3.96. The van der Waals surface area contributed by atoms with E-state index in [1.165, 1.54) is 26.4 Å². The largest absolute Gasteiger partial charge is 0.482 e. The Kier molecular flexibility index (Phi) is 20.5. The first-order valence-corrected chi connectivity index (χ1v) is 23.9. The van der Waals surface area contributed by atoms with Crippen LogP contribution in [-0.4, -0.2) is 160 Å². The number of methoxy groups -OCH3 is 2. The molecule has 2 fully saturated rings. The smallest absolute Gasteiger partial charge is 0.341 e. The first-order valence-electron chi connectivity index (χ1n) is 22.4. The van der Waals surface area contributed by atoms with Crippen LogP contribution in [0.1, 0.15) is 92.6 Å². The number of likely N-dealkylation sites (N-methyl/N-ethyl adjacent to an activating group) is 2. The second-order valence-electron chi connectivity index (χ2n) is 18.3. The number of carboxylic acids is 1. The highest BCUT2D eigenvalue weighted by Crippen LogP contribution is 2.31. The van der Waals surface area contributed by atoms with Crippen LogP contribution in [0.5, 0.6) is 5.75 Å². The zero-order chi connectivity index (χ0) is 48.2. The van der Waals surface area contributed by atoms with Gasteiger partial charge in [0.05, 0.1) is 47.9 Å². The third-order valence-corrected chi connectivity index (χ3v) is 14.3. The Labute approximate surface area is 379 Å². The lowest BCUT2D eigenvalue weighted by atomic mass is 9.89. The lowest BCUT2D eigenvalue weighted by molar-refractivity contribution is -0.148. The van der Waals surface area contributed by atoms with Crippen LogP contribution in [0.25, 0.3) is 0 Å². The molecule has 2 aliphatic rings. The monoisotopic (exact) mass is 923 g/mol. The molecule has 0 bridgehead atoms. The van der Waals surface area contributed by atoms with E-state index in [2.05, 4.69) is 15.4 Å². The van der Waals surface area contributed by atoms with Gasteiger partial charge in [0.2, 0.25) is 33.7 Å². The zero-order valence-corrected chi connectivity index (χ0v) is 40.6. The standard InChI is InChI=1S/C45H74N6O12S/c1-13-28(6)40(50(10)45(58)38(26(2)3)47-44(57)39(27(4)5)49(8)9)35(61-11)24-36(52)51-22-14-15-34(51)41(62-12)29(7)42(55)46-33(43(56)48-64(59,60)32-20-21-32)23-30-16-18-31(19-17-30)63-25-37(53)54/h16-19,26-29,32-35,38-41H,13-15,20-25H2,1-12H3,(H,46,55)(H,47,57)(H,48,56)(H,53,54)/t28-,29+,33-,34-,35+,38-,39?,40-,41+/m0/s1. The average molecular weight is 923 g/mol. The number of carboxylic acid groups (broad SMARTS) is 1. The molecule has 1 saturated carbocycles. The van der Waals surface area contributed by atoms with Crippen molar-refractivity contribution in [1.29, 1.82) is 0 Å². The normalized spacial score (nSPS) is 19.2. The van der Waals surface area contributed by atoms with Crippen molar-refractivity contribution >= 4 is 45.5 Å². The maximum Gasteiger partial charge on any atom is 0.341 e. The predicted octanol–water partition coefficient (Wildman–Crippen LogP) is 2.43. The molecule has 9 atom stereocenters. The summed E-state index contributed by atoms with van der Waals surface area (Å²) in [6.45, 7) is 13.1. The lowest BCUT2D eigenvalue weighted by Crippen LogP contribution is -2.59. The first-order chi connectivity index (χ1) is 30.0. The molecule has 1 aromatic carbocycles. The van der Waals surface area contributed by atoms with Crippen LogP contribution in [-0.2, 0) is 54.7 Å². The number of ether oxygens (including phenoxy) is 3. The third-order valence-electron chi connectivity index (χ3n) is 12.5. The molecule has 1 aliphatic carbocycles. The van der Waals surface area contributed by atoms with Crippen molar-refractivity contribution in [3.63, 3.8) is 0 Å². The number of hydrogen-bond donors (Lipinski definition) is 4. The van der Waals surface area contributed by atoms with Crippen LogP contribution in [0, 0.1) is 23.7 Å². The second-order valence-corrected chi connectivity index (χ2v) is 20.2. The van der Waals surface area contributed by atoms with Crippen LogP contribution in [0.2, 0.25) is 0 Å². The third kappa shape index (κ3) is 14.6. The first kappa shape index (κ1) is 54.0. The number of sulfonamides is 1. The second kappa shape index (κ2) is 24.3. The minimum Gasteiger partial charge on any atom is -0.482 e. The highest BCUT2D eigenvalue weighted by atomic mass is 32.2. The fraction of sp³-hybridized carbons (Fsp3) is 0.733. The van der Waals surface area contributed by atoms with Gasteiger partial charge in [0.25, 0.3) is 5.91 Å². The number of likely N-dealkylation sites (tertiary alicyclic amines) is 1. The van der Waals surface area contributed by atoms with Gasteiger partial charge in [0.15, 0.2) is 6.61 Å². The molecule has 0 aromatic heterocycles. The Morgan fingerprint density at radius 3 is 1.98 bits per heavy atom. The van der Waals surface area contributed by atoms with E-state index in [0.29, 0.717) is 44.2 Å². The number of rotatable bonds is 26. The summed E-state index contributed by atoms with van der Waals surface area (Å²) in [6.07, 6.45) is 0.952. The molecule has 0 spiro atoms. The Morgan fingerprint density at radius 2 is 1.48 bits per heavy atom. The van der Waals surface area contributed by atoms with Gasteiger partial charge in [0, 0.05) is 34.2 Å². The van der Waals surface area contributed by atoms with Gasteiger partial charge >= 0.3 is 5.97 Å². The molecule has 0 radical (unpaired) electrons. The molecule has 1 aliphatic heterocycles. The average Bonchev–Trinajstić information content (AvgIpc) is 3.99. The molecule has 4 N–H and O–H groups in total. The van der Waals surface area contributed by atoms with E-state index in [-0.39, 0.29) is 54.1 Å². The van der Waals surface area contributed by atoms with E-state index in [1.54, 1.807) is 35.9 Å². The highest BCUT2D eigenvalue weighted by molar-refractivity contribution is 7.90. The molecule has 1 unspecified atom stereocenters. The molecule has 3 rings (SSSR count). The summed E-state index contributed by atoms with van der Waals surface area (Å²) in [5.41, 5.74) is 0.541. The number of carbonyl (C=O) groups excluding carboxylic acids is 5. The molecule has 5 amide bonds. The number of aliphatic carboxylic acids is 1. The van der Waals surface area contributed by atoms with Crippen LogP contribution in [0.15, 0.2) is 24.3 Å². The van der Waals surface area contributed by atoms with Crippen molar-refractivity contribution in [1.82, 2.24) is 30.1 Å². The summed E-state index contributed by atoms with van der Waals surface area (Å²) in [5, 5.41) is 14.0. The summed E-state index contributed by atoms with van der Waals surface area (Å²) in [7, 11) is 4.34. The summed E-state index contributed by atoms with van der Waals surface area (Å²) in [4.78, 5) is 85.8. The van der Waals surface area contributed by atoms with Gasteiger partial charge in [-0.25, -0.2) is 13.2 Å². The minimum absolute atomic E-state index is 0.00293. The molecule has 64 heavy (non-hydrogen) atoms. The van der Waals surface area contributed by atoms with Crippen molar-refractivity contribution in [3.8, 4) is 5.75 Å². The summed E-state index contributed by atoms with van der Waals surface area (Å²) < 4.78 is 44.9. The Morgan fingerprint density at radius 1 is 0.859 bits per heavy atom. The fourth-order valence-electron chi connectivity index (χ4n) is 8.70. The van der Waals surface area contributed by atoms with Crippen molar-refractivity contribution in [2.24, 2.45) is 23.7 Å². The molecular weight excluding hydrogens is 849 g/mol. The number of amides is 5. The summed E-state index contributed by atoms with van der Waals surface area (Å²) in [6, 6.07) is 2.54. The van der Waals surface area contributed by atoms with Crippen LogP contribution in [0.4, 0.5) is 0 Å². The van der Waals surface area contributed by atoms with Gasteiger partial charge in [-0.3, -0.25) is 33.6 Å². The number of nitrogens with one attached hydrogen (secondary N) is 3. The van der Waals surface area contributed by atoms with Gasteiger partial charge in [0.1, 0.15) is 17.8 Å². The lowest BCUT2D eigenvalue weighted by Gasteiger charge is -2.41. The zero-order valence-electron chi connectivity index (χ0n) is 39.8. The molecule has 1 heterocycles. The topological polar surface area (TPSA) is 230 Å². The molecule has 1 aromatic rings. The van der Waals surface area contributed by atoms with E-state index >= 15 is 0 Å². The Balaban J connectivity index is 1.82. The van der Waals surface area contributed by atoms with E-state index < -0.39 is 88.0 Å². The van der Waals surface area contributed by atoms with Crippen LogP contribution in [0.3, 0.4) is 0 Å².